The van der Waals surface area contributed by atoms with Crippen LogP contribution in [0.5, 0.6) is 0 Å². The van der Waals surface area contributed by atoms with Gasteiger partial charge in [-0.15, -0.1) is 0 Å². The second kappa shape index (κ2) is 7.31. The number of hydrogen-bond donors (Lipinski definition) is 2. The van der Waals surface area contributed by atoms with Crippen LogP contribution in [0.1, 0.15) is 27.7 Å². The van der Waals surface area contributed by atoms with Gasteiger partial charge in [-0.2, -0.15) is 9.61 Å². The number of nitrogen functional groups attached to an aromatic ring is 1. The van der Waals surface area contributed by atoms with Crippen molar-refractivity contribution in [3.63, 3.8) is 0 Å². The zero-order chi connectivity index (χ0) is 18.8. The number of aromatic nitrogens is 3. The number of carbonyl (C=O) groups is 1. The van der Waals surface area contributed by atoms with Crippen LogP contribution in [-0.2, 0) is 0 Å². The van der Waals surface area contributed by atoms with Crippen molar-refractivity contribution in [3.8, 4) is 0 Å². The van der Waals surface area contributed by atoms with Crippen LogP contribution >= 0.6 is 11.6 Å². The number of benzene rings is 1. The minimum absolute atomic E-state index is 0.0255. The highest BCUT2D eigenvalue weighted by atomic mass is 35.5. The van der Waals surface area contributed by atoms with E-state index in [0.29, 0.717) is 22.8 Å². The highest BCUT2D eigenvalue weighted by Crippen LogP contribution is 2.21. The average molecular weight is 373 g/mol. The summed E-state index contributed by atoms with van der Waals surface area (Å²) in [6.07, 6.45) is 1.48. The van der Waals surface area contributed by atoms with Crippen LogP contribution in [-0.4, -0.2) is 46.0 Å². The van der Waals surface area contributed by atoms with Gasteiger partial charge >= 0.3 is 0 Å². The van der Waals surface area contributed by atoms with Gasteiger partial charge in [0.05, 0.1) is 17.3 Å². The van der Waals surface area contributed by atoms with E-state index in [-0.39, 0.29) is 17.8 Å². The Kier molecular flexibility index (Phi) is 5.11. The Hall–Kier alpha value is -2.64. The van der Waals surface area contributed by atoms with Crippen LogP contribution in [0.25, 0.3) is 5.65 Å². The van der Waals surface area contributed by atoms with Crippen molar-refractivity contribution >= 4 is 29.0 Å². The van der Waals surface area contributed by atoms with Crippen molar-refractivity contribution in [1.29, 1.82) is 0 Å². The summed E-state index contributed by atoms with van der Waals surface area (Å²) in [5, 5.41) is 7.85. The van der Waals surface area contributed by atoms with Crippen molar-refractivity contribution in [2.75, 3.05) is 26.4 Å². The van der Waals surface area contributed by atoms with Gasteiger partial charge in [-0.05, 0) is 38.7 Å². The molecule has 3 N–H and O–H groups in total. The molecule has 0 spiro atoms. The summed E-state index contributed by atoms with van der Waals surface area (Å²) in [6.45, 7) is 2.25. The molecule has 0 aliphatic rings. The molecule has 1 amide bonds. The fourth-order valence-electron chi connectivity index (χ4n) is 2.84. The van der Waals surface area contributed by atoms with Gasteiger partial charge in [-0.1, -0.05) is 23.7 Å². The monoisotopic (exact) mass is 372 g/mol. The molecule has 7 nitrogen and oxygen atoms in total. The summed E-state index contributed by atoms with van der Waals surface area (Å²) in [7, 11) is 3.90. The number of likely N-dealkylation sites (N-methyl/N-ethyl adjacent to an activating group) is 1. The third kappa shape index (κ3) is 3.63. The zero-order valence-electron chi connectivity index (χ0n) is 14.9. The first-order valence-corrected chi connectivity index (χ1v) is 8.55. The lowest BCUT2D eigenvalue weighted by atomic mass is 10.1. The lowest BCUT2D eigenvalue weighted by Crippen LogP contribution is -2.35. The first-order valence-electron chi connectivity index (χ1n) is 8.17. The van der Waals surface area contributed by atoms with Crippen LogP contribution < -0.4 is 11.1 Å². The number of nitrogens with one attached hydrogen (secondary N) is 1. The number of rotatable bonds is 5. The van der Waals surface area contributed by atoms with Crippen LogP contribution in [0.2, 0.25) is 5.02 Å². The average Bonchev–Trinajstić information content (AvgIpc) is 2.96. The molecule has 0 radical (unpaired) electrons. The molecule has 136 valence electrons. The number of nitrogens with two attached hydrogens (primary N) is 1. The first kappa shape index (κ1) is 18.2. The topological polar surface area (TPSA) is 88.5 Å². The summed E-state index contributed by atoms with van der Waals surface area (Å²) in [5.74, 6) is -0.0244. The molecule has 0 unspecified atom stereocenters. The van der Waals surface area contributed by atoms with Crippen molar-refractivity contribution in [3.05, 3.63) is 58.4 Å². The number of halogens is 1. The fourth-order valence-corrected chi connectivity index (χ4v) is 3.04. The van der Waals surface area contributed by atoms with Gasteiger partial charge in [0.15, 0.2) is 5.65 Å². The van der Waals surface area contributed by atoms with E-state index in [4.69, 9.17) is 17.3 Å². The number of aryl methyl sites for hydroxylation is 1. The van der Waals surface area contributed by atoms with Crippen molar-refractivity contribution in [2.24, 2.45) is 0 Å². The molecule has 3 aromatic rings. The molecule has 1 aromatic carbocycles. The molecule has 1 atom stereocenters. The summed E-state index contributed by atoms with van der Waals surface area (Å²) >= 11 is 6.09. The molecule has 0 aliphatic carbocycles. The Labute approximate surface area is 156 Å². The van der Waals surface area contributed by atoms with Gasteiger partial charge < -0.3 is 16.0 Å². The maximum atomic E-state index is 12.6. The van der Waals surface area contributed by atoms with E-state index in [1.165, 1.54) is 10.7 Å². The Morgan fingerprint density at radius 1 is 1.38 bits per heavy atom. The lowest BCUT2D eigenvalue weighted by Gasteiger charge is -2.25. The predicted molar refractivity (Wildman–Crippen MR) is 102 cm³/mol. The summed E-state index contributed by atoms with van der Waals surface area (Å²) in [6, 6.07) is 9.38. The highest BCUT2D eigenvalue weighted by Gasteiger charge is 2.19. The highest BCUT2D eigenvalue weighted by molar-refractivity contribution is 6.30. The molecular weight excluding hydrogens is 352 g/mol. The summed E-state index contributed by atoms with van der Waals surface area (Å²) in [5.41, 5.74) is 8.82. The minimum atomic E-state index is -0.293. The molecule has 0 bridgehead atoms. The maximum absolute atomic E-state index is 12.6. The Bertz CT molecular complexity index is 952. The molecular formula is C18H21ClN6O. The second-order valence-corrected chi connectivity index (χ2v) is 6.79. The normalized spacial score (nSPS) is 12.5. The van der Waals surface area contributed by atoms with Gasteiger partial charge in [-0.3, -0.25) is 4.79 Å². The number of fused-ring (bicyclic) bond motifs is 1. The minimum Gasteiger partial charge on any atom is -0.383 e. The van der Waals surface area contributed by atoms with Crippen molar-refractivity contribution in [1.82, 2.24) is 24.8 Å². The van der Waals surface area contributed by atoms with E-state index < -0.39 is 0 Å². The third-order valence-electron chi connectivity index (χ3n) is 4.20. The van der Waals surface area contributed by atoms with E-state index in [0.717, 1.165) is 11.3 Å². The SMILES string of the molecule is Cc1cc2ncc(C(=O)NC[C@H](c3cccc(Cl)c3)N(C)C)c(N)n2n1. The van der Waals surface area contributed by atoms with Crippen LogP contribution in [0.3, 0.4) is 0 Å². The fraction of sp³-hybridized carbons (Fsp3) is 0.278. The van der Waals surface area contributed by atoms with E-state index in [9.17, 15) is 4.79 Å². The van der Waals surface area contributed by atoms with Gasteiger partial charge in [0, 0.05) is 23.8 Å². The number of amides is 1. The number of nitrogens with zero attached hydrogens (tertiary/aromatic N) is 4. The van der Waals surface area contributed by atoms with E-state index >= 15 is 0 Å². The van der Waals surface area contributed by atoms with E-state index in [1.807, 2.05) is 50.2 Å². The number of carbonyl (C=O) groups excluding carboxylic acids is 1. The largest absolute Gasteiger partial charge is 0.383 e. The molecule has 0 saturated carbocycles. The molecule has 2 aromatic heterocycles. The standard InChI is InChI=1S/C18H21ClN6O/c1-11-7-16-21-9-14(17(20)25(16)23-11)18(26)22-10-15(24(2)3)12-5-4-6-13(19)8-12/h4-9,15H,10,20H2,1-3H3,(H,22,26)/t15-/m1/s1. The van der Waals surface area contributed by atoms with Gasteiger partial charge in [0.2, 0.25) is 0 Å². The van der Waals surface area contributed by atoms with E-state index in [2.05, 4.69) is 15.4 Å². The van der Waals surface area contributed by atoms with Crippen molar-refractivity contribution in [2.45, 2.75) is 13.0 Å². The third-order valence-corrected chi connectivity index (χ3v) is 4.44. The molecule has 8 heteroatoms. The summed E-state index contributed by atoms with van der Waals surface area (Å²) in [4.78, 5) is 18.9. The van der Waals surface area contributed by atoms with E-state index in [1.54, 1.807) is 6.07 Å². The van der Waals surface area contributed by atoms with Crippen molar-refractivity contribution < 1.29 is 4.79 Å². The van der Waals surface area contributed by atoms with Crippen LogP contribution in [0, 0.1) is 6.92 Å². The summed E-state index contributed by atoms with van der Waals surface area (Å²) < 4.78 is 1.48. The number of hydrogen-bond acceptors (Lipinski definition) is 5. The van der Waals surface area contributed by atoms with Gasteiger partial charge in [0.1, 0.15) is 5.82 Å². The molecule has 0 aliphatic heterocycles. The van der Waals surface area contributed by atoms with Gasteiger partial charge in [-0.25, -0.2) is 4.98 Å². The molecule has 26 heavy (non-hydrogen) atoms. The molecule has 2 heterocycles. The Morgan fingerprint density at radius 3 is 2.85 bits per heavy atom. The predicted octanol–water partition coefficient (Wildman–Crippen LogP) is 2.31. The molecule has 0 saturated heterocycles. The first-order chi connectivity index (χ1) is 12.4. The molecule has 3 rings (SSSR count). The Morgan fingerprint density at radius 2 is 2.15 bits per heavy atom. The smallest absolute Gasteiger partial charge is 0.256 e. The quantitative estimate of drug-likeness (QED) is 0.717. The number of anilines is 1. The van der Waals surface area contributed by atoms with Gasteiger partial charge in [0.25, 0.3) is 5.91 Å². The lowest BCUT2D eigenvalue weighted by molar-refractivity contribution is 0.0942. The zero-order valence-corrected chi connectivity index (χ0v) is 15.7. The maximum Gasteiger partial charge on any atom is 0.256 e. The van der Waals surface area contributed by atoms with Crippen LogP contribution in [0.4, 0.5) is 5.82 Å². The van der Waals surface area contributed by atoms with Crippen LogP contribution in [0.15, 0.2) is 36.5 Å². The Balaban J connectivity index is 1.79. The second-order valence-electron chi connectivity index (χ2n) is 6.36. The molecule has 0 fully saturated rings.